The van der Waals surface area contributed by atoms with Crippen molar-refractivity contribution < 1.29 is 0 Å². The van der Waals surface area contributed by atoms with E-state index in [1.54, 1.807) is 0 Å². The number of hydrogen-bond acceptors (Lipinski definition) is 4. The highest BCUT2D eigenvalue weighted by molar-refractivity contribution is 5.73. The second kappa shape index (κ2) is 3.20. The molecule has 1 aromatic carbocycles. The van der Waals surface area contributed by atoms with Crippen molar-refractivity contribution in [2.45, 2.75) is 6.92 Å². The highest BCUT2D eigenvalue weighted by atomic mass is 15.8. The quantitative estimate of drug-likeness (QED) is 0.678. The molecular formula is C10H12N4. The van der Waals surface area contributed by atoms with Gasteiger partial charge >= 0.3 is 0 Å². The average Bonchev–Trinajstić information content (AvgIpc) is 2.45. The van der Waals surface area contributed by atoms with Gasteiger partial charge in [-0.25, -0.2) is 0 Å². The van der Waals surface area contributed by atoms with Gasteiger partial charge in [0.2, 0.25) is 0 Å². The molecule has 0 aromatic heterocycles. The minimum absolute atomic E-state index is 0.361. The Morgan fingerprint density at radius 2 is 2.29 bits per heavy atom. The SMILES string of the molecule is Cc1ccc2c(c1)N(CC#N)N(C)N2. The Bertz CT molecular complexity index is 394. The maximum atomic E-state index is 8.69. The zero-order chi connectivity index (χ0) is 10.1. The summed E-state index contributed by atoms with van der Waals surface area (Å²) >= 11 is 0. The molecule has 4 heteroatoms. The summed E-state index contributed by atoms with van der Waals surface area (Å²) in [5.74, 6) is 0. The molecule has 4 nitrogen and oxygen atoms in total. The zero-order valence-electron chi connectivity index (χ0n) is 8.28. The van der Waals surface area contributed by atoms with Gasteiger partial charge in [0.05, 0.1) is 17.4 Å². The average molecular weight is 188 g/mol. The summed E-state index contributed by atoms with van der Waals surface area (Å²) in [6, 6.07) is 8.29. The summed E-state index contributed by atoms with van der Waals surface area (Å²) in [5.41, 5.74) is 6.48. The topological polar surface area (TPSA) is 42.3 Å². The molecule has 1 aliphatic rings. The molecule has 1 N–H and O–H groups in total. The summed E-state index contributed by atoms with van der Waals surface area (Å²) in [7, 11) is 1.90. The van der Waals surface area contributed by atoms with Gasteiger partial charge in [-0.3, -0.25) is 10.4 Å². The molecule has 0 spiro atoms. The van der Waals surface area contributed by atoms with Crippen LogP contribution in [0.1, 0.15) is 5.56 Å². The van der Waals surface area contributed by atoms with E-state index in [-0.39, 0.29) is 0 Å². The molecule has 0 fully saturated rings. The van der Waals surface area contributed by atoms with Crippen LogP contribution < -0.4 is 10.4 Å². The van der Waals surface area contributed by atoms with E-state index in [4.69, 9.17) is 5.26 Å². The van der Waals surface area contributed by atoms with E-state index in [2.05, 4.69) is 23.6 Å². The van der Waals surface area contributed by atoms with Crippen LogP contribution in [0.4, 0.5) is 11.4 Å². The molecule has 72 valence electrons. The fraction of sp³-hybridized carbons (Fsp3) is 0.300. The van der Waals surface area contributed by atoms with Gasteiger partial charge in [0.1, 0.15) is 6.54 Å². The first kappa shape index (κ1) is 8.85. The summed E-state index contributed by atoms with van der Waals surface area (Å²) in [4.78, 5) is 0. The Morgan fingerprint density at radius 3 is 3.00 bits per heavy atom. The lowest BCUT2D eigenvalue weighted by molar-refractivity contribution is 0.400. The molecule has 0 saturated carbocycles. The van der Waals surface area contributed by atoms with Gasteiger partial charge in [-0.1, -0.05) is 6.07 Å². The number of anilines is 2. The van der Waals surface area contributed by atoms with Gasteiger partial charge in [0.15, 0.2) is 0 Å². The number of rotatable bonds is 1. The highest BCUT2D eigenvalue weighted by Crippen LogP contribution is 2.33. The molecule has 0 bridgehead atoms. The zero-order valence-corrected chi connectivity index (χ0v) is 8.28. The minimum Gasteiger partial charge on any atom is -0.299 e. The molecule has 1 aliphatic heterocycles. The van der Waals surface area contributed by atoms with Crippen LogP contribution in [0.15, 0.2) is 18.2 Å². The van der Waals surface area contributed by atoms with Crippen LogP contribution in [-0.2, 0) is 0 Å². The maximum absolute atomic E-state index is 8.69. The second-order valence-electron chi connectivity index (χ2n) is 3.37. The number of nitrogens with zero attached hydrogens (tertiary/aromatic N) is 3. The molecule has 0 radical (unpaired) electrons. The fourth-order valence-electron chi connectivity index (χ4n) is 1.60. The Kier molecular flexibility index (Phi) is 2.02. The number of nitriles is 1. The first-order valence-corrected chi connectivity index (χ1v) is 4.48. The lowest BCUT2D eigenvalue weighted by atomic mass is 10.2. The van der Waals surface area contributed by atoms with Gasteiger partial charge in [0, 0.05) is 7.05 Å². The van der Waals surface area contributed by atoms with E-state index in [1.165, 1.54) is 5.56 Å². The number of hydrazine groups is 2. The van der Waals surface area contributed by atoms with Crippen molar-refractivity contribution in [3.63, 3.8) is 0 Å². The van der Waals surface area contributed by atoms with Gasteiger partial charge in [-0.05, 0) is 24.6 Å². The molecule has 0 amide bonds. The lowest BCUT2D eigenvalue weighted by Crippen LogP contribution is -2.38. The number of aryl methyl sites for hydroxylation is 1. The number of fused-ring (bicyclic) bond motifs is 1. The van der Waals surface area contributed by atoms with E-state index in [0.717, 1.165) is 11.4 Å². The van der Waals surface area contributed by atoms with E-state index >= 15 is 0 Å². The first-order chi connectivity index (χ1) is 6.72. The van der Waals surface area contributed by atoms with Gasteiger partial charge in [-0.15, -0.1) is 5.12 Å². The predicted molar refractivity (Wildman–Crippen MR) is 55.5 cm³/mol. The minimum atomic E-state index is 0.361. The normalized spacial score (nSPS) is 14.8. The molecule has 0 unspecified atom stereocenters. The maximum Gasteiger partial charge on any atom is 0.123 e. The highest BCUT2D eigenvalue weighted by Gasteiger charge is 2.22. The molecule has 14 heavy (non-hydrogen) atoms. The standard InChI is InChI=1S/C10H12N4/c1-8-3-4-9-10(7-8)14(6-5-11)13(2)12-9/h3-4,7,12H,6H2,1-2H3. The Balaban J connectivity index is 2.40. The lowest BCUT2D eigenvalue weighted by Gasteiger charge is -2.22. The number of hydrogen-bond donors (Lipinski definition) is 1. The molecule has 0 aliphatic carbocycles. The van der Waals surface area contributed by atoms with Crippen molar-refractivity contribution in [2.24, 2.45) is 0 Å². The fourth-order valence-corrected chi connectivity index (χ4v) is 1.60. The van der Waals surface area contributed by atoms with E-state index in [1.807, 2.05) is 30.2 Å². The van der Waals surface area contributed by atoms with Gasteiger partial charge < -0.3 is 0 Å². The van der Waals surface area contributed by atoms with Crippen LogP contribution in [0.2, 0.25) is 0 Å². The molecule has 0 atom stereocenters. The largest absolute Gasteiger partial charge is 0.299 e. The predicted octanol–water partition coefficient (Wildman–Crippen LogP) is 1.51. The van der Waals surface area contributed by atoms with Crippen molar-refractivity contribution in [1.29, 1.82) is 5.26 Å². The summed E-state index contributed by atoms with van der Waals surface area (Å²) in [6.45, 7) is 2.41. The van der Waals surface area contributed by atoms with E-state index < -0.39 is 0 Å². The second-order valence-corrected chi connectivity index (χ2v) is 3.37. The molecule has 1 heterocycles. The van der Waals surface area contributed by atoms with Crippen LogP contribution in [0.5, 0.6) is 0 Å². The van der Waals surface area contributed by atoms with Crippen LogP contribution >= 0.6 is 0 Å². The smallest absolute Gasteiger partial charge is 0.123 e. The molecular weight excluding hydrogens is 176 g/mol. The third kappa shape index (κ3) is 1.28. The Morgan fingerprint density at radius 1 is 1.50 bits per heavy atom. The molecule has 2 rings (SSSR count). The molecule has 0 saturated heterocycles. The number of nitrogens with one attached hydrogen (secondary N) is 1. The van der Waals surface area contributed by atoms with Gasteiger partial charge in [-0.2, -0.15) is 5.26 Å². The van der Waals surface area contributed by atoms with Crippen LogP contribution in [0.3, 0.4) is 0 Å². The van der Waals surface area contributed by atoms with E-state index in [9.17, 15) is 0 Å². The third-order valence-corrected chi connectivity index (χ3v) is 2.30. The Hall–Kier alpha value is -1.73. The third-order valence-electron chi connectivity index (χ3n) is 2.30. The monoisotopic (exact) mass is 188 g/mol. The van der Waals surface area contributed by atoms with Crippen molar-refractivity contribution in [3.8, 4) is 6.07 Å². The number of benzene rings is 1. The van der Waals surface area contributed by atoms with Crippen LogP contribution in [0.25, 0.3) is 0 Å². The molecule has 1 aromatic rings. The Labute approximate surface area is 83.3 Å². The van der Waals surface area contributed by atoms with Crippen molar-refractivity contribution in [1.82, 2.24) is 5.12 Å². The summed E-state index contributed by atoms with van der Waals surface area (Å²) in [5, 5.41) is 12.4. The summed E-state index contributed by atoms with van der Waals surface area (Å²) < 4.78 is 0. The van der Waals surface area contributed by atoms with Crippen LogP contribution in [0, 0.1) is 18.3 Å². The van der Waals surface area contributed by atoms with Crippen LogP contribution in [-0.4, -0.2) is 18.7 Å². The summed E-state index contributed by atoms with van der Waals surface area (Å²) in [6.07, 6.45) is 0. The van der Waals surface area contributed by atoms with Crippen molar-refractivity contribution >= 4 is 11.4 Å². The van der Waals surface area contributed by atoms with Gasteiger partial charge in [0.25, 0.3) is 0 Å². The first-order valence-electron chi connectivity index (χ1n) is 4.48. The van der Waals surface area contributed by atoms with Crippen molar-refractivity contribution in [3.05, 3.63) is 23.8 Å². The van der Waals surface area contributed by atoms with E-state index in [0.29, 0.717) is 6.54 Å². The van der Waals surface area contributed by atoms with Crippen molar-refractivity contribution in [2.75, 3.05) is 24.0 Å².